The average Bonchev–Trinajstić information content (AvgIpc) is 3.30. The van der Waals surface area contributed by atoms with Crippen LogP contribution in [0.4, 0.5) is 11.4 Å². The number of carbonyl (C=O) groups is 3. The predicted octanol–water partition coefficient (Wildman–Crippen LogP) is 6.64. The quantitative estimate of drug-likeness (QED) is 0.365. The molecule has 8 heteroatoms. The highest BCUT2D eigenvalue weighted by atomic mass is 32.1. The molecular formula is C29H33N3O4S. The van der Waals surface area contributed by atoms with Crippen LogP contribution < -0.4 is 10.2 Å². The van der Waals surface area contributed by atoms with E-state index in [4.69, 9.17) is 0 Å². The number of amides is 2. The predicted molar refractivity (Wildman–Crippen MR) is 147 cm³/mol. The Morgan fingerprint density at radius 2 is 1.73 bits per heavy atom. The maximum atomic E-state index is 13.5. The first-order valence-electron chi connectivity index (χ1n) is 12.7. The van der Waals surface area contributed by atoms with Crippen LogP contribution in [0.3, 0.4) is 0 Å². The fraction of sp³-hybridized carbons (Fsp3) is 0.379. The monoisotopic (exact) mass is 519 g/mol. The zero-order chi connectivity index (χ0) is 26.7. The summed E-state index contributed by atoms with van der Waals surface area (Å²) >= 11 is 1.16. The van der Waals surface area contributed by atoms with Crippen molar-refractivity contribution in [1.82, 2.24) is 4.98 Å². The van der Waals surface area contributed by atoms with E-state index in [1.54, 1.807) is 29.2 Å². The number of nitrogens with zero attached hydrogens (tertiary/aromatic N) is 2. The van der Waals surface area contributed by atoms with E-state index in [-0.39, 0.29) is 28.7 Å². The van der Waals surface area contributed by atoms with E-state index in [1.165, 1.54) is 0 Å². The summed E-state index contributed by atoms with van der Waals surface area (Å²) in [6.07, 6.45) is 3.72. The van der Waals surface area contributed by atoms with E-state index in [9.17, 15) is 19.5 Å². The average molecular weight is 520 g/mol. The van der Waals surface area contributed by atoms with Gasteiger partial charge in [0.05, 0.1) is 5.69 Å². The van der Waals surface area contributed by atoms with Crippen molar-refractivity contribution in [2.24, 2.45) is 11.8 Å². The summed E-state index contributed by atoms with van der Waals surface area (Å²) in [5.74, 6) is -0.784. The van der Waals surface area contributed by atoms with Crippen LogP contribution in [0.25, 0.3) is 10.4 Å². The summed E-state index contributed by atoms with van der Waals surface area (Å²) < 4.78 is 0. The highest BCUT2D eigenvalue weighted by Gasteiger charge is 2.33. The van der Waals surface area contributed by atoms with E-state index in [2.05, 4.69) is 17.2 Å². The molecule has 0 saturated heterocycles. The van der Waals surface area contributed by atoms with Gasteiger partial charge in [-0.25, -0.2) is 9.78 Å². The molecule has 1 aliphatic rings. The maximum absolute atomic E-state index is 13.5. The van der Waals surface area contributed by atoms with Gasteiger partial charge in [0.1, 0.15) is 10.6 Å². The van der Waals surface area contributed by atoms with Gasteiger partial charge in [-0.15, -0.1) is 11.3 Å². The van der Waals surface area contributed by atoms with Gasteiger partial charge >= 0.3 is 5.97 Å². The Morgan fingerprint density at radius 1 is 1.05 bits per heavy atom. The first kappa shape index (κ1) is 26.5. The number of hydrogen-bond donors (Lipinski definition) is 2. The van der Waals surface area contributed by atoms with Gasteiger partial charge in [0.25, 0.3) is 5.91 Å². The minimum absolute atomic E-state index is 0.0107. The number of aryl methyl sites for hydroxylation is 1. The molecule has 2 aromatic heterocycles. The molecule has 0 aliphatic heterocycles. The fourth-order valence-electron chi connectivity index (χ4n) is 4.79. The van der Waals surface area contributed by atoms with Gasteiger partial charge in [-0.3, -0.25) is 9.59 Å². The Morgan fingerprint density at radius 3 is 2.32 bits per heavy atom. The summed E-state index contributed by atoms with van der Waals surface area (Å²) in [5.41, 5.74) is 2.97. The smallest absolute Gasteiger partial charge is 0.348 e. The van der Waals surface area contributed by atoms with E-state index >= 15 is 0 Å². The second-order valence-electron chi connectivity index (χ2n) is 10.1. The molecule has 0 atom stereocenters. The highest BCUT2D eigenvalue weighted by Crippen LogP contribution is 2.40. The van der Waals surface area contributed by atoms with Gasteiger partial charge in [0.2, 0.25) is 5.91 Å². The van der Waals surface area contributed by atoms with Crippen LogP contribution in [0.15, 0.2) is 48.5 Å². The zero-order valence-electron chi connectivity index (χ0n) is 21.7. The second kappa shape index (κ2) is 11.3. The number of aromatic carboxylic acids is 1. The molecule has 1 fully saturated rings. The van der Waals surface area contributed by atoms with Crippen LogP contribution in [0.5, 0.6) is 0 Å². The number of thiophene rings is 1. The third kappa shape index (κ3) is 6.07. The molecule has 194 valence electrons. The molecule has 7 nitrogen and oxygen atoms in total. The van der Waals surface area contributed by atoms with Gasteiger partial charge in [-0.05, 0) is 88.3 Å². The van der Waals surface area contributed by atoms with Crippen molar-refractivity contribution in [1.29, 1.82) is 0 Å². The number of carboxylic acids is 1. The van der Waals surface area contributed by atoms with Crippen LogP contribution in [-0.2, 0) is 4.79 Å². The standard InChI is InChI=1S/C29H33N3O4S/c1-17(2)32(28(34)21-10-8-18(3)9-11-21)24-16-25(37-26(24)29(35)36)20-12-14-22(15-13-20)31-27(33)23-7-5-6-19(4)30-23/h5-7,12-18,21H,8-11H2,1-4H3,(H,31,33)(H,35,36). The van der Waals surface area contributed by atoms with Gasteiger partial charge < -0.3 is 15.3 Å². The molecule has 2 amide bonds. The highest BCUT2D eigenvalue weighted by molar-refractivity contribution is 7.18. The van der Waals surface area contributed by atoms with Crippen molar-refractivity contribution in [2.45, 2.75) is 59.4 Å². The molecule has 2 N–H and O–H groups in total. The summed E-state index contributed by atoms with van der Waals surface area (Å²) in [6.45, 7) is 7.89. The lowest BCUT2D eigenvalue weighted by Gasteiger charge is -2.33. The Labute approximate surface area is 221 Å². The molecule has 3 aromatic rings. The molecule has 1 aliphatic carbocycles. The van der Waals surface area contributed by atoms with E-state index < -0.39 is 5.97 Å². The topological polar surface area (TPSA) is 99.6 Å². The van der Waals surface area contributed by atoms with E-state index in [0.717, 1.165) is 53.2 Å². The summed E-state index contributed by atoms with van der Waals surface area (Å²) in [4.78, 5) is 45.1. The van der Waals surface area contributed by atoms with Gasteiger partial charge in [-0.2, -0.15) is 0 Å². The Balaban J connectivity index is 1.58. The number of nitrogens with one attached hydrogen (secondary N) is 1. The number of pyridine rings is 1. The Hall–Kier alpha value is -3.52. The number of aromatic nitrogens is 1. The third-order valence-corrected chi connectivity index (χ3v) is 7.99. The normalized spacial score (nSPS) is 17.4. The van der Waals surface area contributed by atoms with E-state index in [1.807, 2.05) is 45.0 Å². The number of rotatable bonds is 7. The molecular weight excluding hydrogens is 486 g/mol. The maximum Gasteiger partial charge on any atom is 0.348 e. The van der Waals surface area contributed by atoms with Crippen molar-refractivity contribution in [3.05, 3.63) is 64.8 Å². The van der Waals surface area contributed by atoms with Crippen LogP contribution >= 0.6 is 11.3 Å². The second-order valence-corrected chi connectivity index (χ2v) is 11.1. The summed E-state index contributed by atoms with van der Waals surface area (Å²) in [5, 5.41) is 12.8. The van der Waals surface area contributed by atoms with Gasteiger partial charge in [0, 0.05) is 28.2 Å². The minimum Gasteiger partial charge on any atom is -0.477 e. The van der Waals surface area contributed by atoms with Crippen molar-refractivity contribution in [3.8, 4) is 10.4 Å². The van der Waals surface area contributed by atoms with Crippen LogP contribution in [0, 0.1) is 18.8 Å². The fourth-order valence-corrected chi connectivity index (χ4v) is 5.79. The SMILES string of the molecule is Cc1cccc(C(=O)Nc2ccc(-c3cc(N(C(=O)C4CCC(C)CC4)C(C)C)c(C(=O)O)s3)cc2)n1. The molecule has 0 bridgehead atoms. The number of carboxylic acid groups (broad SMARTS) is 1. The Bertz CT molecular complexity index is 1290. The van der Waals surface area contributed by atoms with Crippen molar-refractivity contribution in [2.75, 3.05) is 10.2 Å². The lowest BCUT2D eigenvalue weighted by molar-refractivity contribution is -0.123. The molecule has 37 heavy (non-hydrogen) atoms. The molecule has 0 spiro atoms. The minimum atomic E-state index is -1.04. The zero-order valence-corrected chi connectivity index (χ0v) is 22.5. The third-order valence-electron chi connectivity index (χ3n) is 6.83. The molecule has 1 aromatic carbocycles. The molecule has 0 unspecified atom stereocenters. The van der Waals surface area contributed by atoms with Gasteiger partial charge in [-0.1, -0.05) is 25.1 Å². The number of anilines is 2. The van der Waals surface area contributed by atoms with Crippen LogP contribution in [0.2, 0.25) is 0 Å². The Kier molecular flexibility index (Phi) is 8.07. The van der Waals surface area contributed by atoms with Gasteiger partial charge in [0.15, 0.2) is 0 Å². The number of hydrogen-bond acceptors (Lipinski definition) is 5. The first-order valence-corrected chi connectivity index (χ1v) is 13.5. The lowest BCUT2D eigenvalue weighted by Crippen LogP contribution is -2.42. The molecule has 0 radical (unpaired) electrons. The number of carbonyl (C=O) groups excluding carboxylic acids is 2. The molecule has 1 saturated carbocycles. The molecule has 2 heterocycles. The summed E-state index contributed by atoms with van der Waals surface area (Å²) in [7, 11) is 0. The largest absolute Gasteiger partial charge is 0.477 e. The van der Waals surface area contributed by atoms with Crippen molar-refractivity contribution in [3.63, 3.8) is 0 Å². The summed E-state index contributed by atoms with van der Waals surface area (Å²) in [6, 6.07) is 14.1. The van der Waals surface area contributed by atoms with Crippen molar-refractivity contribution < 1.29 is 19.5 Å². The molecule has 4 rings (SSSR count). The number of benzene rings is 1. The van der Waals surface area contributed by atoms with E-state index in [0.29, 0.717) is 23.0 Å². The van der Waals surface area contributed by atoms with Crippen molar-refractivity contribution >= 4 is 40.5 Å². The van der Waals surface area contributed by atoms with Crippen LogP contribution in [-0.4, -0.2) is 33.9 Å². The first-order chi connectivity index (χ1) is 17.6. The lowest BCUT2D eigenvalue weighted by atomic mass is 9.82. The van der Waals surface area contributed by atoms with Crippen LogP contribution in [0.1, 0.15) is 72.3 Å².